The zero-order valence-electron chi connectivity index (χ0n) is 14.1. The third-order valence-electron chi connectivity index (χ3n) is 4.50. The van der Waals surface area contributed by atoms with E-state index < -0.39 is 12.1 Å². The molecule has 2 heterocycles. The van der Waals surface area contributed by atoms with E-state index in [2.05, 4.69) is 15.4 Å². The molecule has 0 bridgehead atoms. The number of fused-ring (bicyclic) bond motifs is 1. The number of aromatic nitrogens is 3. The fourth-order valence-electron chi connectivity index (χ4n) is 3.17. The Bertz CT molecular complexity index is 886. The minimum absolute atomic E-state index is 0.0572. The van der Waals surface area contributed by atoms with E-state index in [1.54, 1.807) is 4.68 Å². The van der Waals surface area contributed by atoms with Gasteiger partial charge in [-0.1, -0.05) is 42.5 Å². The highest BCUT2D eigenvalue weighted by Crippen LogP contribution is 2.34. The number of Topliss-reactive ketones (excluding diaryl/α,β-unsaturated/α-hetero) is 1. The zero-order chi connectivity index (χ0) is 17.4. The Morgan fingerprint density at radius 1 is 1.00 bits per heavy atom. The number of rotatable bonds is 3. The second-order valence-electron chi connectivity index (χ2n) is 6.31. The van der Waals surface area contributed by atoms with Gasteiger partial charge in [-0.25, -0.2) is 4.68 Å². The fourth-order valence-corrected chi connectivity index (χ4v) is 3.17. The molecule has 6 heteroatoms. The van der Waals surface area contributed by atoms with Crippen molar-refractivity contribution in [1.82, 2.24) is 14.8 Å². The van der Waals surface area contributed by atoms with Crippen LogP contribution in [0.1, 0.15) is 23.2 Å². The molecule has 0 amide bonds. The van der Waals surface area contributed by atoms with Gasteiger partial charge >= 0.3 is 0 Å². The highest BCUT2D eigenvalue weighted by Gasteiger charge is 2.37. The van der Waals surface area contributed by atoms with E-state index in [-0.39, 0.29) is 5.78 Å². The number of benzene rings is 2. The second kappa shape index (κ2) is 6.05. The molecule has 3 aromatic rings. The van der Waals surface area contributed by atoms with Gasteiger partial charge in [0.15, 0.2) is 5.78 Å². The summed E-state index contributed by atoms with van der Waals surface area (Å²) < 4.78 is 1.66. The summed E-state index contributed by atoms with van der Waals surface area (Å²) >= 11 is 0. The van der Waals surface area contributed by atoms with Crippen molar-refractivity contribution in [3.05, 3.63) is 72.1 Å². The number of carbonyl (C=O) groups is 1. The molecule has 25 heavy (non-hydrogen) atoms. The van der Waals surface area contributed by atoms with Crippen LogP contribution in [0.4, 0.5) is 11.6 Å². The Morgan fingerprint density at radius 2 is 1.72 bits per heavy atom. The van der Waals surface area contributed by atoms with Gasteiger partial charge in [-0.05, 0) is 23.3 Å². The predicted molar refractivity (Wildman–Crippen MR) is 96.7 cm³/mol. The lowest BCUT2D eigenvalue weighted by molar-refractivity contribution is -0.122. The van der Waals surface area contributed by atoms with E-state index in [0.29, 0.717) is 5.95 Å². The molecular weight excluding hydrogens is 314 g/mol. The lowest BCUT2D eigenvalue weighted by atomic mass is 9.92. The van der Waals surface area contributed by atoms with E-state index in [1.165, 1.54) is 6.33 Å². The summed E-state index contributed by atoms with van der Waals surface area (Å²) in [6.07, 6.45) is 1.48. The van der Waals surface area contributed by atoms with Crippen LogP contribution in [-0.4, -0.2) is 34.6 Å². The van der Waals surface area contributed by atoms with E-state index in [1.807, 2.05) is 73.6 Å². The average Bonchev–Trinajstić information content (AvgIpc) is 3.10. The first-order valence-corrected chi connectivity index (χ1v) is 8.17. The summed E-state index contributed by atoms with van der Waals surface area (Å²) in [5, 5.41) is 7.46. The average molecular weight is 333 g/mol. The molecule has 0 saturated carbocycles. The molecule has 1 aliphatic rings. The first-order valence-electron chi connectivity index (χ1n) is 8.17. The summed E-state index contributed by atoms with van der Waals surface area (Å²) in [5.41, 5.74) is 2.93. The lowest BCUT2D eigenvalue weighted by Crippen LogP contribution is -2.37. The topological polar surface area (TPSA) is 63.0 Å². The van der Waals surface area contributed by atoms with Crippen LogP contribution < -0.4 is 10.2 Å². The first-order chi connectivity index (χ1) is 12.1. The summed E-state index contributed by atoms with van der Waals surface area (Å²) in [6, 6.07) is 16.8. The molecule has 2 aromatic carbocycles. The van der Waals surface area contributed by atoms with E-state index in [4.69, 9.17) is 0 Å². The van der Waals surface area contributed by atoms with Crippen molar-refractivity contribution < 1.29 is 4.79 Å². The predicted octanol–water partition coefficient (Wildman–Crippen LogP) is 2.67. The first kappa shape index (κ1) is 15.4. The van der Waals surface area contributed by atoms with Crippen LogP contribution in [0, 0.1) is 0 Å². The Hall–Kier alpha value is -3.15. The highest BCUT2D eigenvalue weighted by molar-refractivity contribution is 5.95. The third kappa shape index (κ3) is 2.65. The van der Waals surface area contributed by atoms with Gasteiger partial charge in [0.2, 0.25) is 5.95 Å². The van der Waals surface area contributed by atoms with Gasteiger partial charge in [0.05, 0.1) is 0 Å². The van der Waals surface area contributed by atoms with E-state index in [9.17, 15) is 4.79 Å². The van der Waals surface area contributed by atoms with E-state index >= 15 is 0 Å². The van der Waals surface area contributed by atoms with Gasteiger partial charge in [-0.3, -0.25) is 4.79 Å². The zero-order valence-corrected chi connectivity index (χ0v) is 14.1. The second-order valence-corrected chi connectivity index (χ2v) is 6.31. The molecule has 0 aliphatic carbocycles. The summed E-state index contributed by atoms with van der Waals surface area (Å²) in [5.74, 6) is 0.664. The van der Waals surface area contributed by atoms with Crippen molar-refractivity contribution in [3.8, 4) is 0 Å². The lowest BCUT2D eigenvalue weighted by Gasteiger charge is -2.30. The Balaban J connectivity index is 1.75. The summed E-state index contributed by atoms with van der Waals surface area (Å²) in [6.45, 7) is 0. The minimum Gasteiger partial charge on any atom is -0.378 e. The van der Waals surface area contributed by atoms with Crippen molar-refractivity contribution in [2.75, 3.05) is 24.3 Å². The van der Waals surface area contributed by atoms with Gasteiger partial charge in [-0.15, -0.1) is 0 Å². The van der Waals surface area contributed by atoms with Crippen LogP contribution in [-0.2, 0) is 4.79 Å². The molecule has 2 unspecified atom stereocenters. The molecule has 1 aromatic heterocycles. The monoisotopic (exact) mass is 333 g/mol. The van der Waals surface area contributed by atoms with Crippen LogP contribution >= 0.6 is 0 Å². The molecule has 0 spiro atoms. The SMILES string of the molecule is CN(C)c1ccc(C2Nc3ncnn3C(c3ccccc3)C2=O)cc1. The Morgan fingerprint density at radius 3 is 2.40 bits per heavy atom. The van der Waals surface area contributed by atoms with Crippen molar-refractivity contribution in [3.63, 3.8) is 0 Å². The van der Waals surface area contributed by atoms with Crippen LogP contribution in [0.2, 0.25) is 0 Å². The molecule has 0 saturated heterocycles. The number of carbonyl (C=O) groups excluding carboxylic acids is 1. The Kier molecular flexibility index (Phi) is 3.72. The number of hydrogen-bond acceptors (Lipinski definition) is 5. The fraction of sp³-hybridized carbons (Fsp3) is 0.211. The van der Waals surface area contributed by atoms with Crippen LogP contribution in [0.15, 0.2) is 60.9 Å². The summed E-state index contributed by atoms with van der Waals surface area (Å²) in [7, 11) is 3.99. The van der Waals surface area contributed by atoms with Gasteiger partial charge in [-0.2, -0.15) is 10.1 Å². The number of hydrogen-bond donors (Lipinski definition) is 1. The van der Waals surface area contributed by atoms with E-state index in [0.717, 1.165) is 16.8 Å². The van der Waals surface area contributed by atoms with Crippen molar-refractivity contribution in [2.45, 2.75) is 12.1 Å². The number of nitrogens with one attached hydrogen (secondary N) is 1. The molecule has 2 atom stereocenters. The highest BCUT2D eigenvalue weighted by atomic mass is 16.1. The van der Waals surface area contributed by atoms with Gasteiger partial charge in [0.1, 0.15) is 18.4 Å². The largest absolute Gasteiger partial charge is 0.378 e. The third-order valence-corrected chi connectivity index (χ3v) is 4.50. The van der Waals surface area contributed by atoms with Crippen LogP contribution in [0.25, 0.3) is 0 Å². The number of nitrogens with zero attached hydrogens (tertiary/aromatic N) is 4. The molecule has 0 radical (unpaired) electrons. The molecule has 6 nitrogen and oxygen atoms in total. The van der Waals surface area contributed by atoms with Gasteiger partial charge < -0.3 is 10.2 Å². The van der Waals surface area contributed by atoms with Gasteiger partial charge in [0, 0.05) is 19.8 Å². The van der Waals surface area contributed by atoms with Crippen molar-refractivity contribution in [1.29, 1.82) is 0 Å². The molecule has 0 fully saturated rings. The smallest absolute Gasteiger partial charge is 0.222 e. The normalized spacial score (nSPS) is 19.2. The minimum atomic E-state index is -0.474. The molecule has 126 valence electrons. The summed E-state index contributed by atoms with van der Waals surface area (Å²) in [4.78, 5) is 19.5. The standard InChI is InChI=1S/C19H19N5O/c1-23(2)15-10-8-13(9-11-15)16-18(25)17(14-6-4-3-5-7-14)24-19(22-16)20-12-21-24/h3-12,16-17H,1-2H3,(H,20,21,22). The quantitative estimate of drug-likeness (QED) is 0.798. The molecule has 4 rings (SSSR count). The maximum absolute atomic E-state index is 13.2. The maximum Gasteiger partial charge on any atom is 0.222 e. The van der Waals surface area contributed by atoms with Crippen molar-refractivity contribution in [2.24, 2.45) is 0 Å². The number of ketones is 1. The Labute approximate surface area is 146 Å². The van der Waals surface area contributed by atoms with Crippen LogP contribution in [0.5, 0.6) is 0 Å². The van der Waals surface area contributed by atoms with Crippen molar-refractivity contribution >= 4 is 17.4 Å². The number of anilines is 2. The van der Waals surface area contributed by atoms with Gasteiger partial charge in [0.25, 0.3) is 0 Å². The molecule has 1 aliphatic heterocycles. The maximum atomic E-state index is 13.2. The molecule has 1 N–H and O–H groups in total. The van der Waals surface area contributed by atoms with Crippen LogP contribution in [0.3, 0.4) is 0 Å². The molecular formula is C19H19N5O.